The minimum Gasteiger partial charge on any atom is -0.391 e. The van der Waals surface area contributed by atoms with Gasteiger partial charge in [-0.25, -0.2) is 0 Å². The number of β-amino-alcohol motifs (C(OH)–C–C–N with tert-alkyl or cyclic N) is 1. The number of hydrogen-bond donors (Lipinski definition) is 2. The Balaban J connectivity index is 1.85. The standard InChI is InChI=1S/C14H22N2O/c1-15-9-13-7-8-16(11-14(13)17)10-12-5-3-2-4-6-12/h2-6,13-15,17H,7-11H2,1H3/t13-,14+/m0/s1. The van der Waals surface area contributed by atoms with Crippen LogP contribution in [0.2, 0.25) is 0 Å². The van der Waals surface area contributed by atoms with Crippen molar-refractivity contribution in [2.24, 2.45) is 5.92 Å². The smallest absolute Gasteiger partial charge is 0.0707 e. The van der Waals surface area contributed by atoms with Crippen molar-refractivity contribution in [3.63, 3.8) is 0 Å². The highest BCUT2D eigenvalue weighted by Crippen LogP contribution is 2.18. The molecule has 0 aliphatic carbocycles. The van der Waals surface area contributed by atoms with Gasteiger partial charge in [-0.3, -0.25) is 4.90 Å². The van der Waals surface area contributed by atoms with Crippen LogP contribution in [0.3, 0.4) is 0 Å². The Morgan fingerprint density at radius 2 is 2.12 bits per heavy atom. The van der Waals surface area contributed by atoms with E-state index in [0.29, 0.717) is 5.92 Å². The lowest BCUT2D eigenvalue weighted by atomic mass is 9.93. The van der Waals surface area contributed by atoms with Crippen LogP contribution in [-0.2, 0) is 6.54 Å². The molecule has 0 saturated carbocycles. The molecule has 2 N–H and O–H groups in total. The van der Waals surface area contributed by atoms with Crippen LogP contribution >= 0.6 is 0 Å². The van der Waals surface area contributed by atoms with Gasteiger partial charge in [-0.2, -0.15) is 0 Å². The molecule has 0 aromatic heterocycles. The molecule has 1 aromatic rings. The highest BCUT2D eigenvalue weighted by molar-refractivity contribution is 5.14. The molecule has 1 aromatic carbocycles. The summed E-state index contributed by atoms with van der Waals surface area (Å²) in [6.07, 6.45) is 0.884. The normalized spacial score (nSPS) is 26.0. The highest BCUT2D eigenvalue weighted by atomic mass is 16.3. The Morgan fingerprint density at radius 3 is 2.76 bits per heavy atom. The second-order valence-corrected chi connectivity index (χ2v) is 4.89. The second-order valence-electron chi connectivity index (χ2n) is 4.89. The lowest BCUT2D eigenvalue weighted by Crippen LogP contribution is -2.46. The maximum atomic E-state index is 10.1. The van der Waals surface area contributed by atoms with E-state index in [1.165, 1.54) is 5.56 Å². The maximum Gasteiger partial charge on any atom is 0.0707 e. The van der Waals surface area contributed by atoms with Crippen molar-refractivity contribution in [3.8, 4) is 0 Å². The first-order valence-corrected chi connectivity index (χ1v) is 6.38. The Kier molecular flexibility index (Phi) is 4.54. The molecule has 1 saturated heterocycles. The van der Waals surface area contributed by atoms with Crippen LogP contribution in [0.5, 0.6) is 0 Å². The number of nitrogens with zero attached hydrogens (tertiary/aromatic N) is 1. The van der Waals surface area contributed by atoms with Crippen LogP contribution in [-0.4, -0.2) is 42.8 Å². The lowest BCUT2D eigenvalue weighted by molar-refractivity contribution is 0.0196. The number of piperidine rings is 1. The van der Waals surface area contributed by atoms with E-state index in [4.69, 9.17) is 0 Å². The van der Waals surface area contributed by atoms with Crippen LogP contribution in [0, 0.1) is 5.92 Å². The molecule has 3 nitrogen and oxygen atoms in total. The van der Waals surface area contributed by atoms with Gasteiger partial charge < -0.3 is 10.4 Å². The molecule has 2 atom stereocenters. The van der Waals surface area contributed by atoms with Crippen molar-refractivity contribution < 1.29 is 5.11 Å². The van der Waals surface area contributed by atoms with Gasteiger partial charge in [-0.15, -0.1) is 0 Å². The van der Waals surface area contributed by atoms with Crippen LogP contribution in [0.15, 0.2) is 30.3 Å². The topological polar surface area (TPSA) is 35.5 Å². The SMILES string of the molecule is CNC[C@@H]1CCN(Cc2ccccc2)C[C@H]1O. The maximum absolute atomic E-state index is 10.1. The number of nitrogens with one attached hydrogen (secondary N) is 1. The third-order valence-corrected chi connectivity index (χ3v) is 3.52. The number of aliphatic hydroxyl groups is 1. The molecule has 0 spiro atoms. The third kappa shape index (κ3) is 3.53. The molecular formula is C14H22N2O. The van der Waals surface area contributed by atoms with Gasteiger partial charge in [0.1, 0.15) is 0 Å². The van der Waals surface area contributed by atoms with Gasteiger partial charge in [0.05, 0.1) is 6.10 Å². The van der Waals surface area contributed by atoms with Crippen molar-refractivity contribution in [2.45, 2.75) is 19.1 Å². The lowest BCUT2D eigenvalue weighted by Gasteiger charge is -2.35. The van der Waals surface area contributed by atoms with E-state index in [-0.39, 0.29) is 6.10 Å². The second kappa shape index (κ2) is 6.15. The predicted octanol–water partition coefficient (Wildman–Crippen LogP) is 1.09. The van der Waals surface area contributed by atoms with E-state index in [9.17, 15) is 5.11 Å². The van der Waals surface area contributed by atoms with Crippen molar-refractivity contribution >= 4 is 0 Å². The molecule has 1 fully saturated rings. The van der Waals surface area contributed by atoms with Crippen LogP contribution in [0.4, 0.5) is 0 Å². The first-order chi connectivity index (χ1) is 8.29. The van der Waals surface area contributed by atoms with Crippen LogP contribution in [0.25, 0.3) is 0 Å². The molecule has 1 aliphatic rings. The molecule has 0 bridgehead atoms. The van der Waals surface area contributed by atoms with Gasteiger partial charge in [-0.05, 0) is 31.5 Å². The average Bonchev–Trinajstić information content (AvgIpc) is 2.34. The van der Waals surface area contributed by atoms with Crippen LogP contribution in [0.1, 0.15) is 12.0 Å². The Hall–Kier alpha value is -0.900. The summed E-state index contributed by atoms with van der Waals surface area (Å²) in [6, 6.07) is 10.5. The molecule has 0 radical (unpaired) electrons. The quantitative estimate of drug-likeness (QED) is 0.818. The Bertz CT molecular complexity index is 328. The first kappa shape index (κ1) is 12.6. The van der Waals surface area contributed by atoms with Crippen molar-refractivity contribution in [1.82, 2.24) is 10.2 Å². The zero-order chi connectivity index (χ0) is 12.1. The fraction of sp³-hybridized carbons (Fsp3) is 0.571. The number of benzene rings is 1. The van der Waals surface area contributed by atoms with Crippen molar-refractivity contribution in [2.75, 3.05) is 26.7 Å². The monoisotopic (exact) mass is 234 g/mol. The molecule has 17 heavy (non-hydrogen) atoms. The zero-order valence-corrected chi connectivity index (χ0v) is 10.5. The van der Waals surface area contributed by atoms with Gasteiger partial charge >= 0.3 is 0 Å². The summed E-state index contributed by atoms with van der Waals surface area (Å²) in [5, 5.41) is 13.2. The van der Waals surface area contributed by atoms with E-state index in [0.717, 1.165) is 32.6 Å². The molecule has 3 heteroatoms. The summed E-state index contributed by atoms with van der Waals surface area (Å²) in [4.78, 5) is 2.34. The summed E-state index contributed by atoms with van der Waals surface area (Å²) < 4.78 is 0. The largest absolute Gasteiger partial charge is 0.391 e. The molecular weight excluding hydrogens is 212 g/mol. The fourth-order valence-electron chi connectivity index (χ4n) is 2.53. The summed E-state index contributed by atoms with van der Waals surface area (Å²) in [5.41, 5.74) is 1.33. The summed E-state index contributed by atoms with van der Waals surface area (Å²) in [7, 11) is 1.95. The summed E-state index contributed by atoms with van der Waals surface area (Å²) in [5.74, 6) is 0.409. The van der Waals surface area contributed by atoms with Crippen molar-refractivity contribution in [1.29, 1.82) is 0 Å². The van der Waals surface area contributed by atoms with Gasteiger partial charge in [0, 0.05) is 19.6 Å². The zero-order valence-electron chi connectivity index (χ0n) is 10.5. The number of rotatable bonds is 4. The fourth-order valence-corrected chi connectivity index (χ4v) is 2.53. The van der Waals surface area contributed by atoms with Gasteiger partial charge in [-0.1, -0.05) is 30.3 Å². The molecule has 94 valence electrons. The van der Waals surface area contributed by atoms with Crippen LogP contribution < -0.4 is 5.32 Å². The van der Waals surface area contributed by atoms with Gasteiger partial charge in [0.25, 0.3) is 0 Å². The summed E-state index contributed by atoms with van der Waals surface area (Å²) >= 11 is 0. The number of aliphatic hydroxyl groups excluding tert-OH is 1. The summed E-state index contributed by atoms with van der Waals surface area (Å²) in [6.45, 7) is 3.74. The Labute approximate surface area is 103 Å². The van der Waals surface area contributed by atoms with E-state index in [1.807, 2.05) is 13.1 Å². The van der Waals surface area contributed by atoms with E-state index < -0.39 is 0 Å². The molecule has 2 rings (SSSR count). The first-order valence-electron chi connectivity index (χ1n) is 6.38. The van der Waals surface area contributed by atoms with E-state index in [1.54, 1.807) is 0 Å². The van der Waals surface area contributed by atoms with Gasteiger partial charge in [0.15, 0.2) is 0 Å². The average molecular weight is 234 g/mol. The van der Waals surface area contributed by atoms with E-state index >= 15 is 0 Å². The Morgan fingerprint density at radius 1 is 1.35 bits per heavy atom. The highest BCUT2D eigenvalue weighted by Gasteiger charge is 2.26. The molecule has 0 unspecified atom stereocenters. The van der Waals surface area contributed by atoms with Crippen molar-refractivity contribution in [3.05, 3.63) is 35.9 Å². The molecule has 1 heterocycles. The minimum atomic E-state index is -0.195. The van der Waals surface area contributed by atoms with E-state index in [2.05, 4.69) is 34.5 Å². The molecule has 1 aliphatic heterocycles. The minimum absolute atomic E-state index is 0.195. The number of hydrogen-bond acceptors (Lipinski definition) is 3. The third-order valence-electron chi connectivity index (χ3n) is 3.52. The van der Waals surface area contributed by atoms with Gasteiger partial charge in [0.2, 0.25) is 0 Å². The number of likely N-dealkylation sites (tertiary alicyclic amines) is 1. The predicted molar refractivity (Wildman–Crippen MR) is 69.8 cm³/mol. The molecule has 0 amide bonds.